The minimum atomic E-state index is -4.56. The number of amides is 1. The monoisotopic (exact) mass is 563 g/mol. The van der Waals surface area contributed by atoms with Crippen molar-refractivity contribution in [2.24, 2.45) is 5.92 Å². The zero-order valence-corrected chi connectivity index (χ0v) is 24.2. The number of alkyl halides is 3. The lowest BCUT2D eigenvalue weighted by Crippen LogP contribution is -2.52. The van der Waals surface area contributed by atoms with E-state index < -0.39 is 24.2 Å². The molecule has 2 aromatic carbocycles. The van der Waals surface area contributed by atoms with Crippen LogP contribution in [0.3, 0.4) is 0 Å². The highest BCUT2D eigenvalue weighted by Crippen LogP contribution is 2.34. The lowest BCUT2D eigenvalue weighted by molar-refractivity contribution is -0.161. The second-order valence-corrected chi connectivity index (χ2v) is 11.0. The molecular weight excluding hydrogens is 519 g/mol. The molecule has 222 valence electrons. The fourth-order valence-electron chi connectivity index (χ4n) is 4.72. The van der Waals surface area contributed by atoms with Gasteiger partial charge in [-0.25, -0.2) is 0 Å². The van der Waals surface area contributed by atoms with Crippen molar-refractivity contribution in [2.45, 2.75) is 57.9 Å². The van der Waals surface area contributed by atoms with E-state index in [1.807, 2.05) is 51.9 Å². The first-order valence-corrected chi connectivity index (χ1v) is 14.0. The summed E-state index contributed by atoms with van der Waals surface area (Å²) in [6, 6.07) is 11.1. The second kappa shape index (κ2) is 14.6. The van der Waals surface area contributed by atoms with Gasteiger partial charge >= 0.3 is 6.18 Å². The second-order valence-electron chi connectivity index (χ2n) is 11.0. The number of benzene rings is 2. The number of halogens is 3. The smallest absolute Gasteiger partial charge is 0.383 e. The van der Waals surface area contributed by atoms with Gasteiger partial charge in [0.1, 0.15) is 6.04 Å². The van der Waals surface area contributed by atoms with Crippen LogP contribution in [0.25, 0.3) is 0 Å². The largest absolute Gasteiger partial charge is 0.407 e. The average Bonchev–Trinajstić information content (AvgIpc) is 2.93. The molecular formula is C30H44F3N5O2. The van der Waals surface area contributed by atoms with E-state index in [0.717, 1.165) is 43.4 Å². The van der Waals surface area contributed by atoms with Crippen molar-refractivity contribution in [3.05, 3.63) is 54.1 Å². The van der Waals surface area contributed by atoms with Crippen LogP contribution < -0.4 is 25.8 Å². The Morgan fingerprint density at radius 2 is 1.65 bits per heavy atom. The van der Waals surface area contributed by atoms with Crippen molar-refractivity contribution in [3.8, 4) is 0 Å². The summed E-state index contributed by atoms with van der Waals surface area (Å²) in [4.78, 5) is 17.4. The summed E-state index contributed by atoms with van der Waals surface area (Å²) < 4.78 is 48.0. The Balaban J connectivity index is 1.65. The summed E-state index contributed by atoms with van der Waals surface area (Å²) in [6.07, 6.45) is -3.65. The molecule has 40 heavy (non-hydrogen) atoms. The van der Waals surface area contributed by atoms with Crippen LogP contribution in [0.15, 0.2) is 48.5 Å². The number of hydrogen-bond donors (Lipinski definition) is 3. The number of rotatable bonds is 13. The minimum Gasteiger partial charge on any atom is -0.383 e. The van der Waals surface area contributed by atoms with Crippen molar-refractivity contribution in [2.75, 3.05) is 62.1 Å². The van der Waals surface area contributed by atoms with Crippen molar-refractivity contribution >= 4 is 23.0 Å². The van der Waals surface area contributed by atoms with E-state index in [9.17, 15) is 18.0 Å². The van der Waals surface area contributed by atoms with E-state index in [0.29, 0.717) is 13.0 Å². The third-order valence-corrected chi connectivity index (χ3v) is 7.10. The first kappa shape index (κ1) is 31.5. The van der Waals surface area contributed by atoms with Crippen LogP contribution in [0.5, 0.6) is 0 Å². The highest BCUT2D eigenvalue weighted by molar-refractivity contribution is 5.82. The molecule has 1 aliphatic heterocycles. The molecule has 1 aliphatic rings. The van der Waals surface area contributed by atoms with E-state index >= 15 is 0 Å². The van der Waals surface area contributed by atoms with Gasteiger partial charge in [0.2, 0.25) is 5.91 Å². The van der Waals surface area contributed by atoms with Crippen molar-refractivity contribution < 1.29 is 22.7 Å². The zero-order valence-electron chi connectivity index (χ0n) is 24.2. The molecule has 1 amide bonds. The molecule has 0 bridgehead atoms. The van der Waals surface area contributed by atoms with E-state index in [1.54, 1.807) is 12.1 Å². The van der Waals surface area contributed by atoms with Crippen LogP contribution in [0.2, 0.25) is 0 Å². The number of carbonyl (C=O) groups excluding carboxylic acids is 1. The van der Waals surface area contributed by atoms with Gasteiger partial charge in [0.15, 0.2) is 0 Å². The van der Waals surface area contributed by atoms with Gasteiger partial charge in [-0.15, -0.1) is 0 Å². The number of nitrogens with zero attached hydrogens (tertiary/aromatic N) is 2. The number of ether oxygens (including phenoxy) is 1. The molecule has 0 saturated carbocycles. The lowest BCUT2D eigenvalue weighted by Gasteiger charge is -2.30. The third-order valence-electron chi connectivity index (χ3n) is 7.10. The molecule has 3 N–H and O–H groups in total. The van der Waals surface area contributed by atoms with Gasteiger partial charge in [0.25, 0.3) is 0 Å². The van der Waals surface area contributed by atoms with Gasteiger partial charge in [0, 0.05) is 56.8 Å². The molecule has 7 nitrogen and oxygen atoms in total. The topological polar surface area (TPSA) is 68.9 Å². The van der Waals surface area contributed by atoms with Gasteiger partial charge in [0.05, 0.1) is 19.3 Å². The highest BCUT2D eigenvalue weighted by Gasteiger charge is 2.43. The molecule has 10 heteroatoms. The first-order chi connectivity index (χ1) is 19.0. The maximum Gasteiger partial charge on any atom is 0.407 e. The quantitative estimate of drug-likeness (QED) is 0.311. The fraction of sp³-hybridized carbons (Fsp3) is 0.567. The first-order valence-electron chi connectivity index (χ1n) is 14.0. The summed E-state index contributed by atoms with van der Waals surface area (Å²) in [5, 5.41) is 8.98. The Labute approximate surface area is 236 Å². The summed E-state index contributed by atoms with van der Waals surface area (Å²) in [5.74, 6) is -0.402. The summed E-state index contributed by atoms with van der Waals surface area (Å²) >= 11 is 0. The highest BCUT2D eigenvalue weighted by atomic mass is 19.4. The molecule has 1 heterocycles. The average molecular weight is 564 g/mol. The normalized spacial score (nSPS) is 16.4. The van der Waals surface area contributed by atoms with Gasteiger partial charge in [-0.05, 0) is 60.7 Å². The van der Waals surface area contributed by atoms with Crippen molar-refractivity contribution in [1.29, 1.82) is 0 Å². The van der Waals surface area contributed by atoms with E-state index in [-0.39, 0.29) is 23.9 Å². The van der Waals surface area contributed by atoms with E-state index in [2.05, 4.69) is 33.0 Å². The molecule has 1 fully saturated rings. The standard InChI is InChI=1S/C30H44F3N5O2/c1-6-23(20-34-24-9-13-26(14-10-24)38-15-17-40-18-16-38)35-29(39)27(19-21(2)3)36-28(30(31,32)33)22-7-11-25(12-8-22)37(4)5/h7-14,21,23,27-28,34,36H,6,15-20H2,1-5H3,(H,35,39)/t23-,27-,28-/m0/s1. The molecule has 0 aliphatic carbocycles. The SMILES string of the molecule is CC[C@@H](CNc1ccc(N2CCOCC2)cc1)NC(=O)[C@H](CC(C)C)N[C@@H](c1ccc(N(C)C)cc1)C(F)(F)F. The molecule has 2 aromatic rings. The number of nitrogens with one attached hydrogen (secondary N) is 3. The van der Waals surface area contributed by atoms with Crippen molar-refractivity contribution in [3.63, 3.8) is 0 Å². The van der Waals surface area contributed by atoms with Gasteiger partial charge in [-0.2, -0.15) is 13.2 Å². The van der Waals surface area contributed by atoms with Gasteiger partial charge in [-0.3, -0.25) is 10.1 Å². The summed E-state index contributed by atoms with van der Waals surface area (Å²) in [7, 11) is 3.66. The summed E-state index contributed by atoms with van der Waals surface area (Å²) in [5.41, 5.74) is 2.93. The number of morpholine rings is 1. The Morgan fingerprint density at radius 1 is 1.02 bits per heavy atom. The van der Waals surface area contributed by atoms with Crippen LogP contribution in [0.1, 0.15) is 45.2 Å². The summed E-state index contributed by atoms with van der Waals surface area (Å²) in [6.45, 7) is 9.36. The number of hydrogen-bond acceptors (Lipinski definition) is 6. The Morgan fingerprint density at radius 3 is 2.17 bits per heavy atom. The van der Waals surface area contributed by atoms with E-state index in [1.165, 1.54) is 12.1 Å². The van der Waals surface area contributed by atoms with Crippen LogP contribution in [0, 0.1) is 5.92 Å². The van der Waals surface area contributed by atoms with Gasteiger partial charge in [-0.1, -0.05) is 32.9 Å². The number of carbonyl (C=O) groups is 1. The number of anilines is 3. The van der Waals surface area contributed by atoms with Crippen LogP contribution in [-0.2, 0) is 9.53 Å². The molecule has 0 radical (unpaired) electrons. The Hall–Kier alpha value is -2.98. The molecule has 3 atom stereocenters. The van der Waals surface area contributed by atoms with Gasteiger partial charge < -0.3 is 25.2 Å². The molecule has 0 aromatic heterocycles. The lowest BCUT2D eigenvalue weighted by atomic mass is 9.99. The molecule has 3 rings (SSSR count). The fourth-order valence-corrected chi connectivity index (χ4v) is 4.72. The van der Waals surface area contributed by atoms with E-state index in [4.69, 9.17) is 4.74 Å². The molecule has 1 saturated heterocycles. The van der Waals surface area contributed by atoms with Crippen LogP contribution >= 0.6 is 0 Å². The van der Waals surface area contributed by atoms with Crippen LogP contribution in [-0.4, -0.2) is 71.1 Å². The Kier molecular flexibility index (Phi) is 11.5. The zero-order chi connectivity index (χ0) is 29.3. The molecule has 0 unspecified atom stereocenters. The van der Waals surface area contributed by atoms with Crippen molar-refractivity contribution in [1.82, 2.24) is 10.6 Å². The van der Waals surface area contributed by atoms with Crippen LogP contribution in [0.4, 0.5) is 30.2 Å². The molecule has 0 spiro atoms. The maximum absolute atomic E-state index is 14.2. The Bertz CT molecular complexity index is 1040. The minimum absolute atomic E-state index is 0.0245. The third kappa shape index (κ3) is 9.30. The predicted molar refractivity (Wildman–Crippen MR) is 156 cm³/mol. The predicted octanol–water partition coefficient (Wildman–Crippen LogP) is 5.20. The maximum atomic E-state index is 14.2.